The Kier molecular flexibility index (Phi) is 3.39. The van der Waals surface area contributed by atoms with Crippen molar-refractivity contribution in [1.82, 2.24) is 0 Å². The van der Waals surface area contributed by atoms with Gasteiger partial charge in [-0.2, -0.15) is 0 Å². The van der Waals surface area contributed by atoms with Crippen LogP contribution in [0, 0.1) is 17.6 Å². The molecule has 1 unspecified atom stereocenters. The Morgan fingerprint density at radius 3 is 2.81 bits per heavy atom. The smallest absolute Gasteiger partial charge is 0.181 e. The summed E-state index contributed by atoms with van der Waals surface area (Å²) in [5.74, 6) is -1.12. The highest BCUT2D eigenvalue weighted by Crippen LogP contribution is 2.34. The summed E-state index contributed by atoms with van der Waals surface area (Å²) in [6.45, 7) is 0.515. The summed E-state index contributed by atoms with van der Waals surface area (Å²) >= 11 is 0. The fourth-order valence-electron chi connectivity index (χ4n) is 1.79. The van der Waals surface area contributed by atoms with Crippen molar-refractivity contribution in [2.45, 2.75) is 18.9 Å². The standard InChI is InChI=1S/C12H15F2NO/c1-16-7-11(8-5-6-8)15-10-4-2-3-9(13)12(10)14/h2-4,8,11,15H,5-7H2,1H3. The molecule has 0 heterocycles. The van der Waals surface area contributed by atoms with Crippen molar-refractivity contribution in [3.63, 3.8) is 0 Å². The molecule has 1 aromatic carbocycles. The molecule has 0 radical (unpaired) electrons. The number of ether oxygens (including phenoxy) is 1. The highest BCUT2D eigenvalue weighted by molar-refractivity contribution is 5.46. The van der Waals surface area contributed by atoms with Crippen LogP contribution in [-0.2, 0) is 4.74 Å². The second-order valence-electron chi connectivity index (χ2n) is 4.14. The van der Waals surface area contributed by atoms with Gasteiger partial charge in [0.25, 0.3) is 0 Å². The number of benzene rings is 1. The maximum atomic E-state index is 13.4. The first-order chi connectivity index (χ1) is 7.72. The van der Waals surface area contributed by atoms with Gasteiger partial charge in [-0.25, -0.2) is 8.78 Å². The van der Waals surface area contributed by atoms with Crippen LogP contribution in [0.4, 0.5) is 14.5 Å². The zero-order valence-corrected chi connectivity index (χ0v) is 9.17. The van der Waals surface area contributed by atoms with Crippen molar-refractivity contribution in [2.75, 3.05) is 19.0 Å². The molecule has 0 bridgehead atoms. The predicted molar refractivity (Wildman–Crippen MR) is 58.4 cm³/mol. The molecule has 16 heavy (non-hydrogen) atoms. The van der Waals surface area contributed by atoms with Gasteiger partial charge in [0.2, 0.25) is 0 Å². The van der Waals surface area contributed by atoms with Crippen LogP contribution in [0.3, 0.4) is 0 Å². The molecule has 2 nitrogen and oxygen atoms in total. The Hall–Kier alpha value is -1.16. The summed E-state index contributed by atoms with van der Waals surface area (Å²) in [6, 6.07) is 4.23. The van der Waals surface area contributed by atoms with Crippen LogP contribution >= 0.6 is 0 Å². The molecule has 0 spiro atoms. The minimum Gasteiger partial charge on any atom is -0.383 e. The number of methoxy groups -OCH3 is 1. The summed E-state index contributed by atoms with van der Waals surface area (Å²) in [5.41, 5.74) is 0.217. The molecular formula is C12H15F2NO. The van der Waals surface area contributed by atoms with Crippen LogP contribution in [0.25, 0.3) is 0 Å². The van der Waals surface area contributed by atoms with E-state index < -0.39 is 11.6 Å². The van der Waals surface area contributed by atoms with E-state index in [1.54, 1.807) is 13.2 Å². The molecule has 0 amide bonds. The van der Waals surface area contributed by atoms with Gasteiger partial charge in [-0.1, -0.05) is 6.07 Å². The molecule has 2 rings (SSSR count). The second kappa shape index (κ2) is 4.78. The first-order valence-corrected chi connectivity index (χ1v) is 5.42. The topological polar surface area (TPSA) is 21.3 Å². The average molecular weight is 227 g/mol. The van der Waals surface area contributed by atoms with E-state index in [9.17, 15) is 8.78 Å². The zero-order valence-electron chi connectivity index (χ0n) is 9.17. The van der Waals surface area contributed by atoms with Crippen molar-refractivity contribution in [2.24, 2.45) is 5.92 Å². The first-order valence-electron chi connectivity index (χ1n) is 5.42. The van der Waals surface area contributed by atoms with Gasteiger partial charge < -0.3 is 10.1 Å². The van der Waals surface area contributed by atoms with E-state index in [-0.39, 0.29) is 11.7 Å². The lowest BCUT2D eigenvalue weighted by Crippen LogP contribution is -2.27. The molecule has 1 aliphatic rings. The van der Waals surface area contributed by atoms with E-state index in [2.05, 4.69) is 5.32 Å². The summed E-state index contributed by atoms with van der Waals surface area (Å²) in [5, 5.41) is 3.01. The molecule has 4 heteroatoms. The number of halogens is 2. The van der Waals surface area contributed by atoms with Crippen LogP contribution in [-0.4, -0.2) is 19.8 Å². The fraction of sp³-hybridized carbons (Fsp3) is 0.500. The third kappa shape index (κ3) is 2.50. The minimum atomic E-state index is -0.822. The summed E-state index contributed by atoms with van der Waals surface area (Å²) < 4.78 is 31.5. The molecule has 0 saturated heterocycles. The molecular weight excluding hydrogens is 212 g/mol. The molecule has 0 aliphatic heterocycles. The van der Waals surface area contributed by atoms with Crippen molar-refractivity contribution in [1.29, 1.82) is 0 Å². The molecule has 1 fully saturated rings. The first kappa shape index (κ1) is 11.3. The van der Waals surface area contributed by atoms with E-state index in [1.165, 1.54) is 6.07 Å². The van der Waals surface area contributed by atoms with Crippen molar-refractivity contribution in [3.05, 3.63) is 29.8 Å². The van der Waals surface area contributed by atoms with Gasteiger partial charge in [0.05, 0.1) is 18.3 Å². The zero-order chi connectivity index (χ0) is 11.5. The van der Waals surface area contributed by atoms with E-state index >= 15 is 0 Å². The lowest BCUT2D eigenvalue weighted by atomic mass is 10.2. The molecule has 1 aliphatic carbocycles. The number of nitrogens with one attached hydrogen (secondary N) is 1. The molecule has 1 N–H and O–H groups in total. The lowest BCUT2D eigenvalue weighted by molar-refractivity contribution is 0.179. The van der Waals surface area contributed by atoms with Crippen molar-refractivity contribution >= 4 is 5.69 Å². The Morgan fingerprint density at radius 1 is 1.44 bits per heavy atom. The van der Waals surface area contributed by atoms with E-state index in [0.29, 0.717) is 12.5 Å². The third-order valence-electron chi connectivity index (χ3n) is 2.83. The van der Waals surface area contributed by atoms with Gasteiger partial charge in [-0.15, -0.1) is 0 Å². The second-order valence-corrected chi connectivity index (χ2v) is 4.14. The Balaban J connectivity index is 2.08. The summed E-state index contributed by atoms with van der Waals surface area (Å²) in [6.07, 6.45) is 2.25. The number of rotatable bonds is 5. The number of hydrogen-bond donors (Lipinski definition) is 1. The van der Waals surface area contributed by atoms with Crippen LogP contribution < -0.4 is 5.32 Å². The van der Waals surface area contributed by atoms with Gasteiger partial charge in [0, 0.05) is 7.11 Å². The van der Waals surface area contributed by atoms with Gasteiger partial charge in [0.1, 0.15) is 0 Å². The Morgan fingerprint density at radius 2 is 2.19 bits per heavy atom. The van der Waals surface area contributed by atoms with Gasteiger partial charge in [0.15, 0.2) is 11.6 Å². The van der Waals surface area contributed by atoms with Crippen molar-refractivity contribution < 1.29 is 13.5 Å². The monoisotopic (exact) mass is 227 g/mol. The lowest BCUT2D eigenvalue weighted by Gasteiger charge is -2.19. The van der Waals surface area contributed by atoms with Crippen molar-refractivity contribution in [3.8, 4) is 0 Å². The van der Waals surface area contributed by atoms with E-state index in [1.807, 2.05) is 0 Å². The van der Waals surface area contributed by atoms with Gasteiger partial charge >= 0.3 is 0 Å². The summed E-state index contributed by atoms with van der Waals surface area (Å²) in [7, 11) is 1.61. The van der Waals surface area contributed by atoms with Gasteiger partial charge in [-0.05, 0) is 30.9 Å². The van der Waals surface area contributed by atoms with Crippen LogP contribution in [0.2, 0.25) is 0 Å². The van der Waals surface area contributed by atoms with E-state index in [4.69, 9.17) is 4.74 Å². The molecule has 1 saturated carbocycles. The molecule has 1 aromatic rings. The largest absolute Gasteiger partial charge is 0.383 e. The van der Waals surface area contributed by atoms with Crippen LogP contribution in [0.1, 0.15) is 12.8 Å². The number of hydrogen-bond acceptors (Lipinski definition) is 2. The highest BCUT2D eigenvalue weighted by Gasteiger charge is 2.31. The highest BCUT2D eigenvalue weighted by atomic mass is 19.2. The normalized spacial score (nSPS) is 17.2. The molecule has 0 aromatic heterocycles. The Labute approximate surface area is 93.6 Å². The quantitative estimate of drug-likeness (QED) is 0.835. The van der Waals surface area contributed by atoms with E-state index in [0.717, 1.165) is 18.9 Å². The maximum Gasteiger partial charge on any atom is 0.181 e. The average Bonchev–Trinajstić information content (AvgIpc) is 3.07. The molecule has 1 atom stereocenters. The predicted octanol–water partition coefficient (Wildman–Crippen LogP) is 2.80. The van der Waals surface area contributed by atoms with Crippen LogP contribution in [0.5, 0.6) is 0 Å². The Bertz CT molecular complexity index is 366. The van der Waals surface area contributed by atoms with Gasteiger partial charge in [-0.3, -0.25) is 0 Å². The minimum absolute atomic E-state index is 0.0706. The third-order valence-corrected chi connectivity index (χ3v) is 2.83. The SMILES string of the molecule is COCC(Nc1cccc(F)c1F)C1CC1. The molecule has 88 valence electrons. The van der Waals surface area contributed by atoms with Crippen LogP contribution in [0.15, 0.2) is 18.2 Å². The summed E-state index contributed by atoms with van der Waals surface area (Å²) in [4.78, 5) is 0. The number of anilines is 1. The fourth-order valence-corrected chi connectivity index (χ4v) is 1.79. The maximum absolute atomic E-state index is 13.4.